The van der Waals surface area contributed by atoms with Gasteiger partial charge in [0.15, 0.2) is 0 Å². The fraction of sp³-hybridized carbons (Fsp3) is 0.0625. The van der Waals surface area contributed by atoms with Gasteiger partial charge in [-0.15, -0.1) is 0 Å². The van der Waals surface area contributed by atoms with E-state index in [1.165, 1.54) is 71.6 Å². The summed E-state index contributed by atoms with van der Waals surface area (Å²) < 4.78 is 2.48. The van der Waals surface area contributed by atoms with E-state index in [-0.39, 0.29) is 0 Å². The predicted octanol–water partition coefficient (Wildman–Crippen LogP) is 8.18. The molecule has 0 amide bonds. The maximum absolute atomic E-state index is 3.90. The van der Waals surface area contributed by atoms with Crippen LogP contribution in [-0.4, -0.2) is 9.55 Å². The van der Waals surface area contributed by atoms with Gasteiger partial charge in [-0.25, -0.2) is 0 Å². The third-order valence-corrected chi connectivity index (χ3v) is 7.61. The van der Waals surface area contributed by atoms with Crippen molar-refractivity contribution in [3.8, 4) is 16.8 Å². The molecule has 0 unspecified atom stereocenters. The molecule has 2 heteroatoms. The zero-order chi connectivity index (χ0) is 22.2. The largest absolute Gasteiger partial charge is 0.357 e. The molecule has 2 aromatic heterocycles. The summed E-state index contributed by atoms with van der Waals surface area (Å²) in [5.74, 6) is 0. The second-order valence-corrected chi connectivity index (χ2v) is 9.33. The van der Waals surface area contributed by atoms with Crippen LogP contribution in [0.3, 0.4) is 0 Å². The number of para-hydroxylation sites is 2. The fourth-order valence-corrected chi connectivity index (χ4v) is 6.28. The Morgan fingerprint density at radius 2 is 1.15 bits per heavy atom. The molecule has 0 fully saturated rings. The standard InChI is InChI=1S/C32H22N2/c1-2-10-20(11-3-1)34-27-17-9-8-16-25(27)29-28(34)19-18-26-31(29)30-23-14-6-4-12-21(23)22-13-5-7-15-24(22)32(30)33-26/h1-17,33H,18-19H2. The summed E-state index contributed by atoms with van der Waals surface area (Å²) >= 11 is 0. The van der Waals surface area contributed by atoms with Crippen molar-refractivity contribution in [1.29, 1.82) is 0 Å². The molecule has 0 aliphatic heterocycles. The number of H-pyrrole nitrogens is 1. The second kappa shape index (κ2) is 6.61. The van der Waals surface area contributed by atoms with Crippen LogP contribution in [0.2, 0.25) is 0 Å². The Kier molecular flexibility index (Phi) is 3.53. The molecule has 2 heterocycles. The number of aryl methyl sites for hydroxylation is 1. The quantitative estimate of drug-likeness (QED) is 0.252. The molecule has 2 nitrogen and oxygen atoms in total. The Bertz CT molecular complexity index is 1900. The smallest absolute Gasteiger partial charge is 0.0548 e. The molecular formula is C32H22N2. The molecule has 7 aromatic rings. The molecule has 5 aromatic carbocycles. The van der Waals surface area contributed by atoms with Crippen molar-refractivity contribution >= 4 is 43.4 Å². The van der Waals surface area contributed by atoms with Crippen LogP contribution in [0.4, 0.5) is 0 Å². The van der Waals surface area contributed by atoms with Crippen LogP contribution in [0, 0.1) is 0 Å². The molecule has 0 atom stereocenters. The van der Waals surface area contributed by atoms with E-state index in [0.29, 0.717) is 0 Å². The van der Waals surface area contributed by atoms with Crippen LogP contribution < -0.4 is 0 Å². The molecule has 8 rings (SSSR count). The third kappa shape index (κ3) is 2.25. The number of aromatic nitrogens is 2. The molecule has 1 aliphatic rings. The lowest BCUT2D eigenvalue weighted by molar-refractivity contribution is 0.850. The molecule has 0 spiro atoms. The van der Waals surface area contributed by atoms with E-state index in [2.05, 4.69) is 113 Å². The van der Waals surface area contributed by atoms with Crippen LogP contribution in [0.1, 0.15) is 11.4 Å². The SMILES string of the molecule is c1ccc(-n2c3c(c4ccccc42)-c2c([nH]c4c5ccccc5c5ccccc5c24)CC3)cc1. The van der Waals surface area contributed by atoms with E-state index in [1.54, 1.807) is 0 Å². The number of aromatic amines is 1. The highest BCUT2D eigenvalue weighted by Crippen LogP contribution is 2.48. The van der Waals surface area contributed by atoms with Crippen LogP contribution in [0.25, 0.3) is 60.2 Å². The number of benzene rings is 5. The van der Waals surface area contributed by atoms with Crippen molar-refractivity contribution in [3.05, 3.63) is 115 Å². The summed E-state index contributed by atoms with van der Waals surface area (Å²) in [5.41, 5.74) is 9.35. The lowest BCUT2D eigenvalue weighted by Gasteiger charge is -2.18. The van der Waals surface area contributed by atoms with E-state index in [4.69, 9.17) is 0 Å². The highest BCUT2D eigenvalue weighted by molar-refractivity contribution is 6.29. The van der Waals surface area contributed by atoms with Crippen molar-refractivity contribution in [1.82, 2.24) is 9.55 Å². The summed E-state index contributed by atoms with van der Waals surface area (Å²) in [6.07, 6.45) is 2.04. The van der Waals surface area contributed by atoms with Crippen LogP contribution in [-0.2, 0) is 12.8 Å². The second-order valence-electron chi connectivity index (χ2n) is 9.33. The maximum Gasteiger partial charge on any atom is 0.0548 e. The first-order chi connectivity index (χ1) is 16.9. The molecule has 160 valence electrons. The third-order valence-electron chi connectivity index (χ3n) is 7.61. The van der Waals surface area contributed by atoms with Gasteiger partial charge >= 0.3 is 0 Å². The number of nitrogens with one attached hydrogen (secondary N) is 1. The number of nitrogens with zero attached hydrogens (tertiary/aromatic N) is 1. The molecule has 0 saturated carbocycles. The Labute approximate surface area is 197 Å². The molecule has 1 aliphatic carbocycles. The lowest BCUT2D eigenvalue weighted by Crippen LogP contribution is -2.07. The highest BCUT2D eigenvalue weighted by Gasteiger charge is 2.29. The molecule has 0 bridgehead atoms. The normalized spacial score (nSPS) is 13.1. The Morgan fingerprint density at radius 3 is 1.94 bits per heavy atom. The van der Waals surface area contributed by atoms with Gasteiger partial charge in [-0.2, -0.15) is 0 Å². The lowest BCUT2D eigenvalue weighted by atomic mass is 9.88. The first kappa shape index (κ1) is 18.2. The molecule has 0 radical (unpaired) electrons. The van der Waals surface area contributed by atoms with Crippen LogP contribution >= 0.6 is 0 Å². The van der Waals surface area contributed by atoms with Gasteiger partial charge in [0.2, 0.25) is 0 Å². The van der Waals surface area contributed by atoms with Crippen molar-refractivity contribution in [2.45, 2.75) is 12.8 Å². The first-order valence-electron chi connectivity index (χ1n) is 12.0. The number of rotatable bonds is 1. The average molecular weight is 435 g/mol. The van der Waals surface area contributed by atoms with Crippen molar-refractivity contribution in [2.24, 2.45) is 0 Å². The maximum atomic E-state index is 3.90. The topological polar surface area (TPSA) is 20.7 Å². The van der Waals surface area contributed by atoms with Crippen molar-refractivity contribution in [2.75, 3.05) is 0 Å². The minimum Gasteiger partial charge on any atom is -0.357 e. The van der Waals surface area contributed by atoms with Crippen molar-refractivity contribution < 1.29 is 0 Å². The summed E-state index contributed by atoms with van der Waals surface area (Å²) in [4.78, 5) is 3.90. The Hall–Kier alpha value is -4.30. The number of hydrogen-bond acceptors (Lipinski definition) is 0. The van der Waals surface area contributed by atoms with Crippen LogP contribution in [0.15, 0.2) is 103 Å². The summed E-state index contributed by atoms with van der Waals surface area (Å²) in [5, 5.41) is 7.97. The fourth-order valence-electron chi connectivity index (χ4n) is 6.28. The van der Waals surface area contributed by atoms with Crippen LogP contribution in [0.5, 0.6) is 0 Å². The van der Waals surface area contributed by atoms with Gasteiger partial charge in [0.25, 0.3) is 0 Å². The predicted molar refractivity (Wildman–Crippen MR) is 143 cm³/mol. The van der Waals surface area contributed by atoms with Gasteiger partial charge in [-0.3, -0.25) is 0 Å². The molecule has 1 N–H and O–H groups in total. The molecule has 34 heavy (non-hydrogen) atoms. The van der Waals surface area contributed by atoms with Gasteiger partial charge in [-0.05, 0) is 47.2 Å². The van der Waals surface area contributed by atoms with Gasteiger partial charge in [0.05, 0.1) is 11.0 Å². The summed E-state index contributed by atoms with van der Waals surface area (Å²) in [6, 6.07) is 37.4. The van der Waals surface area contributed by atoms with Crippen molar-refractivity contribution in [3.63, 3.8) is 0 Å². The van der Waals surface area contributed by atoms with Gasteiger partial charge in [0, 0.05) is 44.4 Å². The minimum atomic E-state index is 1.02. The van der Waals surface area contributed by atoms with E-state index in [1.807, 2.05) is 0 Å². The summed E-state index contributed by atoms with van der Waals surface area (Å²) in [6.45, 7) is 0. The van der Waals surface area contributed by atoms with E-state index >= 15 is 0 Å². The average Bonchev–Trinajstić information content (AvgIpc) is 3.46. The number of fused-ring (bicyclic) bond motifs is 12. The molecule has 0 saturated heterocycles. The van der Waals surface area contributed by atoms with Gasteiger partial charge in [0.1, 0.15) is 0 Å². The Morgan fingerprint density at radius 1 is 0.529 bits per heavy atom. The summed E-state index contributed by atoms with van der Waals surface area (Å²) in [7, 11) is 0. The monoisotopic (exact) mass is 434 g/mol. The molecular weight excluding hydrogens is 412 g/mol. The van der Waals surface area contributed by atoms with E-state index in [0.717, 1.165) is 12.8 Å². The van der Waals surface area contributed by atoms with Gasteiger partial charge in [-0.1, -0.05) is 84.9 Å². The van der Waals surface area contributed by atoms with E-state index < -0.39 is 0 Å². The highest BCUT2D eigenvalue weighted by atomic mass is 15.0. The Balaban J connectivity index is 1.60. The number of hydrogen-bond donors (Lipinski definition) is 1. The zero-order valence-corrected chi connectivity index (χ0v) is 18.7. The van der Waals surface area contributed by atoms with Gasteiger partial charge < -0.3 is 9.55 Å². The minimum absolute atomic E-state index is 1.02. The first-order valence-corrected chi connectivity index (χ1v) is 12.0. The zero-order valence-electron chi connectivity index (χ0n) is 18.7. The van der Waals surface area contributed by atoms with E-state index in [9.17, 15) is 0 Å².